The van der Waals surface area contributed by atoms with Crippen molar-refractivity contribution in [3.63, 3.8) is 0 Å². The molecule has 2 heterocycles. The number of aromatic nitrogens is 1. The van der Waals surface area contributed by atoms with E-state index in [1.807, 2.05) is 30.9 Å². The number of benzene rings is 1. The molecule has 0 atom stereocenters. The van der Waals surface area contributed by atoms with Crippen LogP contribution in [0.4, 0.5) is 0 Å². The molecule has 1 saturated carbocycles. The van der Waals surface area contributed by atoms with Gasteiger partial charge < -0.3 is 19.5 Å². The monoisotopic (exact) mass is 397 g/mol. The van der Waals surface area contributed by atoms with E-state index in [2.05, 4.69) is 10.5 Å². The standard InChI is InChI=1S/C22H27N3O4/c1-14-20(15(2)29-24-14)13-23-21(26)16-5-7-18(8-6-16)28-19-9-11-25(12-10-19)22(27)17-3-4-17/h5-8,17,19H,3-4,9-13H2,1-2H3,(H,23,26). The van der Waals surface area contributed by atoms with Gasteiger partial charge >= 0.3 is 0 Å². The Bertz CT molecular complexity index is 858. The first kappa shape index (κ1) is 19.5. The number of likely N-dealkylation sites (tertiary alicyclic amines) is 1. The molecule has 7 heteroatoms. The summed E-state index contributed by atoms with van der Waals surface area (Å²) in [4.78, 5) is 26.5. The summed E-state index contributed by atoms with van der Waals surface area (Å²) in [5.74, 6) is 1.92. The average molecular weight is 397 g/mol. The predicted octanol–water partition coefficient (Wildman–Crippen LogP) is 3.00. The van der Waals surface area contributed by atoms with Crippen molar-refractivity contribution < 1.29 is 18.8 Å². The zero-order valence-corrected chi connectivity index (χ0v) is 16.9. The van der Waals surface area contributed by atoms with Crippen LogP contribution < -0.4 is 10.1 Å². The van der Waals surface area contributed by atoms with Gasteiger partial charge in [-0.2, -0.15) is 0 Å². The molecule has 2 amide bonds. The van der Waals surface area contributed by atoms with Gasteiger partial charge in [-0.15, -0.1) is 0 Å². The Morgan fingerprint density at radius 1 is 1.14 bits per heavy atom. The summed E-state index contributed by atoms with van der Waals surface area (Å²) in [7, 11) is 0. The maximum Gasteiger partial charge on any atom is 0.251 e. The Morgan fingerprint density at radius 2 is 1.83 bits per heavy atom. The zero-order chi connectivity index (χ0) is 20.4. The van der Waals surface area contributed by atoms with E-state index in [4.69, 9.17) is 9.26 Å². The molecule has 0 unspecified atom stereocenters. The van der Waals surface area contributed by atoms with E-state index in [1.165, 1.54) is 0 Å². The smallest absolute Gasteiger partial charge is 0.251 e. The summed E-state index contributed by atoms with van der Waals surface area (Å²) in [6.07, 6.45) is 3.90. The molecule has 2 fully saturated rings. The first-order chi connectivity index (χ1) is 14.0. The molecule has 29 heavy (non-hydrogen) atoms. The molecule has 2 aromatic rings. The lowest BCUT2D eigenvalue weighted by atomic mass is 10.1. The van der Waals surface area contributed by atoms with E-state index in [9.17, 15) is 9.59 Å². The Morgan fingerprint density at radius 3 is 2.41 bits per heavy atom. The van der Waals surface area contributed by atoms with Crippen molar-refractivity contribution in [3.05, 3.63) is 46.8 Å². The fourth-order valence-corrected chi connectivity index (χ4v) is 3.68. The molecular formula is C22H27N3O4. The van der Waals surface area contributed by atoms with Gasteiger partial charge in [0.1, 0.15) is 17.6 Å². The highest BCUT2D eigenvalue weighted by Gasteiger charge is 2.35. The lowest BCUT2D eigenvalue weighted by molar-refractivity contribution is -0.134. The van der Waals surface area contributed by atoms with Crippen LogP contribution in [0, 0.1) is 19.8 Å². The van der Waals surface area contributed by atoms with Crippen LogP contribution in [0.15, 0.2) is 28.8 Å². The number of nitrogens with one attached hydrogen (secondary N) is 1. The van der Waals surface area contributed by atoms with E-state index in [1.54, 1.807) is 12.1 Å². The van der Waals surface area contributed by atoms with Gasteiger partial charge in [0.2, 0.25) is 5.91 Å². The summed E-state index contributed by atoms with van der Waals surface area (Å²) < 4.78 is 11.2. The van der Waals surface area contributed by atoms with Crippen molar-refractivity contribution in [3.8, 4) is 5.75 Å². The highest BCUT2D eigenvalue weighted by Crippen LogP contribution is 2.32. The number of carbonyl (C=O) groups excluding carboxylic acids is 2. The predicted molar refractivity (Wildman–Crippen MR) is 107 cm³/mol. The second-order valence-corrected chi connectivity index (χ2v) is 7.93. The van der Waals surface area contributed by atoms with Crippen LogP contribution in [0.3, 0.4) is 0 Å². The van der Waals surface area contributed by atoms with Gasteiger partial charge in [0.15, 0.2) is 0 Å². The lowest BCUT2D eigenvalue weighted by Crippen LogP contribution is -2.42. The van der Waals surface area contributed by atoms with Crippen molar-refractivity contribution >= 4 is 11.8 Å². The fraction of sp³-hybridized carbons (Fsp3) is 0.500. The first-order valence-electron chi connectivity index (χ1n) is 10.3. The maximum absolute atomic E-state index is 12.4. The normalized spacial score (nSPS) is 17.2. The van der Waals surface area contributed by atoms with Gasteiger partial charge in [0.25, 0.3) is 5.91 Å². The summed E-state index contributed by atoms with van der Waals surface area (Å²) >= 11 is 0. The number of aryl methyl sites for hydroxylation is 2. The first-order valence-corrected chi connectivity index (χ1v) is 10.3. The number of nitrogens with zero attached hydrogens (tertiary/aromatic N) is 2. The molecule has 1 saturated heterocycles. The van der Waals surface area contributed by atoms with Crippen molar-refractivity contribution in [1.82, 2.24) is 15.4 Å². The van der Waals surface area contributed by atoms with Crippen molar-refractivity contribution in [2.45, 2.75) is 52.2 Å². The minimum Gasteiger partial charge on any atom is -0.490 e. The van der Waals surface area contributed by atoms with Crippen LogP contribution in [0.1, 0.15) is 53.1 Å². The third kappa shape index (κ3) is 4.60. The van der Waals surface area contributed by atoms with Crippen LogP contribution in [0.25, 0.3) is 0 Å². The molecule has 2 aliphatic rings. The van der Waals surface area contributed by atoms with Gasteiger partial charge in [-0.1, -0.05) is 5.16 Å². The van der Waals surface area contributed by atoms with Crippen molar-refractivity contribution in [2.75, 3.05) is 13.1 Å². The summed E-state index contributed by atoms with van der Waals surface area (Å²) in [6.45, 7) is 5.61. The van der Waals surface area contributed by atoms with Gasteiger partial charge in [0.05, 0.1) is 5.69 Å². The minimum atomic E-state index is -0.150. The molecule has 0 bridgehead atoms. The number of ether oxygens (including phenoxy) is 1. The highest BCUT2D eigenvalue weighted by atomic mass is 16.5. The molecule has 0 spiro atoms. The molecule has 4 rings (SSSR count). The van der Waals surface area contributed by atoms with Gasteiger partial charge in [-0.05, 0) is 51.0 Å². The largest absolute Gasteiger partial charge is 0.490 e. The lowest BCUT2D eigenvalue weighted by Gasteiger charge is -2.32. The zero-order valence-electron chi connectivity index (χ0n) is 16.9. The summed E-state index contributed by atoms with van der Waals surface area (Å²) in [5.41, 5.74) is 2.27. The number of piperidine rings is 1. The fourth-order valence-electron chi connectivity index (χ4n) is 3.68. The molecule has 1 aromatic heterocycles. The Kier molecular flexibility index (Phi) is 5.56. The molecular weight excluding hydrogens is 370 g/mol. The SMILES string of the molecule is Cc1noc(C)c1CNC(=O)c1ccc(OC2CCN(C(=O)C3CC3)CC2)cc1. The van der Waals surface area contributed by atoms with Crippen LogP contribution in [0.2, 0.25) is 0 Å². The van der Waals surface area contributed by atoms with E-state index in [-0.39, 0.29) is 17.9 Å². The van der Waals surface area contributed by atoms with Crippen LogP contribution in [-0.2, 0) is 11.3 Å². The molecule has 0 radical (unpaired) electrons. The number of carbonyl (C=O) groups is 2. The number of hydrogen-bond donors (Lipinski definition) is 1. The minimum absolute atomic E-state index is 0.109. The maximum atomic E-state index is 12.4. The van der Waals surface area contributed by atoms with Crippen LogP contribution in [0.5, 0.6) is 5.75 Å². The molecule has 7 nitrogen and oxygen atoms in total. The Hall–Kier alpha value is -2.83. The van der Waals surface area contributed by atoms with E-state index in [0.717, 1.165) is 61.5 Å². The van der Waals surface area contributed by atoms with Crippen LogP contribution >= 0.6 is 0 Å². The third-order valence-electron chi connectivity index (χ3n) is 5.71. The van der Waals surface area contributed by atoms with Crippen molar-refractivity contribution in [1.29, 1.82) is 0 Å². The molecule has 1 N–H and O–H groups in total. The molecule has 154 valence electrons. The third-order valence-corrected chi connectivity index (χ3v) is 5.71. The summed E-state index contributed by atoms with van der Waals surface area (Å²) in [6, 6.07) is 7.19. The van der Waals surface area contributed by atoms with E-state index >= 15 is 0 Å². The van der Waals surface area contributed by atoms with Gasteiger partial charge in [0, 0.05) is 49.5 Å². The topological polar surface area (TPSA) is 84.7 Å². The second kappa shape index (κ2) is 8.27. The quantitative estimate of drug-likeness (QED) is 0.810. The van der Waals surface area contributed by atoms with Gasteiger partial charge in [-0.3, -0.25) is 9.59 Å². The Balaban J connectivity index is 1.25. The van der Waals surface area contributed by atoms with Crippen LogP contribution in [-0.4, -0.2) is 41.1 Å². The second-order valence-electron chi connectivity index (χ2n) is 7.93. The van der Waals surface area contributed by atoms with E-state index in [0.29, 0.717) is 18.0 Å². The highest BCUT2D eigenvalue weighted by molar-refractivity contribution is 5.94. The molecule has 1 aliphatic heterocycles. The molecule has 1 aliphatic carbocycles. The van der Waals surface area contributed by atoms with Crippen molar-refractivity contribution in [2.24, 2.45) is 5.92 Å². The average Bonchev–Trinajstić information content (AvgIpc) is 3.53. The number of hydrogen-bond acceptors (Lipinski definition) is 5. The number of rotatable bonds is 6. The number of amides is 2. The molecule has 1 aromatic carbocycles. The summed E-state index contributed by atoms with van der Waals surface area (Å²) in [5, 5.41) is 6.79. The van der Waals surface area contributed by atoms with Gasteiger partial charge in [-0.25, -0.2) is 0 Å². The van der Waals surface area contributed by atoms with E-state index < -0.39 is 0 Å². The Labute approximate surface area is 170 Å².